The molecule has 1 aromatic carbocycles. The first-order chi connectivity index (χ1) is 18.1. The molecule has 212 valence electrons. The summed E-state index contributed by atoms with van der Waals surface area (Å²) < 4.78 is 0. The molecule has 38 heavy (non-hydrogen) atoms. The minimum Gasteiger partial charge on any atom is -0.393 e. The van der Waals surface area contributed by atoms with Crippen molar-refractivity contribution in [3.8, 4) is 0 Å². The molecule has 4 nitrogen and oxygen atoms in total. The van der Waals surface area contributed by atoms with E-state index in [4.69, 9.17) is 0 Å². The van der Waals surface area contributed by atoms with Crippen LogP contribution in [0.3, 0.4) is 0 Å². The molecule has 0 saturated heterocycles. The Morgan fingerprint density at radius 1 is 0.974 bits per heavy atom. The van der Waals surface area contributed by atoms with E-state index in [2.05, 4.69) is 57.3 Å². The smallest absolute Gasteiger partial charge is 0.220 e. The second-order valence-corrected chi connectivity index (χ2v) is 14.4. The highest BCUT2D eigenvalue weighted by atomic mass is 16.3. The summed E-state index contributed by atoms with van der Waals surface area (Å²) in [4.78, 5) is 12.8. The average Bonchev–Trinajstić information content (AvgIpc) is 3.26. The maximum absolute atomic E-state index is 12.8. The molecule has 11 atom stereocenters. The summed E-state index contributed by atoms with van der Waals surface area (Å²) in [5.41, 5.74) is 1.57. The first-order valence-corrected chi connectivity index (χ1v) is 15.8. The van der Waals surface area contributed by atoms with Crippen molar-refractivity contribution in [2.75, 3.05) is 0 Å². The van der Waals surface area contributed by atoms with Gasteiger partial charge in [0.15, 0.2) is 0 Å². The highest BCUT2D eigenvalue weighted by molar-refractivity contribution is 5.76. The van der Waals surface area contributed by atoms with E-state index in [1.807, 2.05) is 6.07 Å². The van der Waals surface area contributed by atoms with Crippen LogP contribution in [0.1, 0.15) is 104 Å². The van der Waals surface area contributed by atoms with Crippen LogP contribution in [-0.4, -0.2) is 34.4 Å². The summed E-state index contributed by atoms with van der Waals surface area (Å²) in [5, 5.41) is 25.3. The van der Waals surface area contributed by atoms with Crippen LogP contribution in [0.15, 0.2) is 30.3 Å². The lowest BCUT2D eigenvalue weighted by atomic mass is 9.43. The van der Waals surface area contributed by atoms with Gasteiger partial charge < -0.3 is 15.5 Å². The van der Waals surface area contributed by atoms with Crippen molar-refractivity contribution in [2.45, 2.75) is 123 Å². The number of hydrogen-bond donors (Lipinski definition) is 3. The van der Waals surface area contributed by atoms with Gasteiger partial charge in [-0.2, -0.15) is 0 Å². The van der Waals surface area contributed by atoms with Gasteiger partial charge in [-0.05, 0) is 129 Å². The van der Waals surface area contributed by atoms with E-state index in [0.29, 0.717) is 41.9 Å². The second-order valence-electron chi connectivity index (χ2n) is 14.4. The summed E-state index contributed by atoms with van der Waals surface area (Å²) in [6.07, 6.45) is 12.0. The van der Waals surface area contributed by atoms with Crippen LogP contribution >= 0.6 is 0 Å². The minimum atomic E-state index is -0.252. The SMILES string of the molecule is C[C@H](CCC(=O)N[C@@H](C)CCc1ccccc1)[C@@H]1CC[C@@H]2[C@@H]3CC[C@H]4C[C@H](O)CC[C@]4(C)[C@@H]3C[C@H](O)[C@@]21C. The van der Waals surface area contributed by atoms with Crippen molar-refractivity contribution in [3.63, 3.8) is 0 Å². The fraction of sp³-hybridized carbons (Fsp3) is 0.794. The van der Waals surface area contributed by atoms with Gasteiger partial charge in [0.05, 0.1) is 12.2 Å². The number of aryl methyl sites for hydroxylation is 1. The van der Waals surface area contributed by atoms with Crippen molar-refractivity contribution in [3.05, 3.63) is 35.9 Å². The maximum atomic E-state index is 12.8. The molecule has 0 bridgehead atoms. The molecule has 4 aliphatic rings. The van der Waals surface area contributed by atoms with Crippen molar-refractivity contribution >= 4 is 5.91 Å². The van der Waals surface area contributed by atoms with E-state index in [1.165, 1.54) is 31.2 Å². The lowest BCUT2D eigenvalue weighted by molar-refractivity contribution is -0.174. The molecule has 0 aliphatic heterocycles. The van der Waals surface area contributed by atoms with Gasteiger partial charge in [0.25, 0.3) is 0 Å². The number of aliphatic hydroxyl groups excluding tert-OH is 2. The number of amides is 1. The molecule has 4 fully saturated rings. The molecule has 0 radical (unpaired) electrons. The first-order valence-electron chi connectivity index (χ1n) is 15.8. The topological polar surface area (TPSA) is 69.6 Å². The fourth-order valence-electron chi connectivity index (χ4n) is 10.2. The van der Waals surface area contributed by atoms with Gasteiger partial charge in [-0.3, -0.25) is 4.79 Å². The monoisotopic (exact) mass is 523 g/mol. The predicted molar refractivity (Wildman–Crippen MR) is 153 cm³/mol. The zero-order chi connectivity index (χ0) is 27.1. The molecule has 3 N–H and O–H groups in total. The molecule has 1 aromatic rings. The summed E-state index contributed by atoms with van der Waals surface area (Å²) in [7, 11) is 0. The molecule has 1 amide bonds. The Labute approximate surface area is 231 Å². The molecule has 4 saturated carbocycles. The molecule has 0 aromatic heterocycles. The van der Waals surface area contributed by atoms with Crippen LogP contribution in [0.5, 0.6) is 0 Å². The van der Waals surface area contributed by atoms with Crippen molar-refractivity contribution in [2.24, 2.45) is 46.3 Å². The molecule has 0 spiro atoms. The predicted octanol–water partition coefficient (Wildman–Crippen LogP) is 6.53. The molecular weight excluding hydrogens is 470 g/mol. The van der Waals surface area contributed by atoms with Gasteiger partial charge in [-0.15, -0.1) is 0 Å². The molecular formula is C34H53NO3. The largest absolute Gasteiger partial charge is 0.393 e. The van der Waals surface area contributed by atoms with Crippen molar-refractivity contribution < 1.29 is 15.0 Å². The van der Waals surface area contributed by atoms with Gasteiger partial charge in [0.2, 0.25) is 5.91 Å². The Morgan fingerprint density at radius 3 is 2.50 bits per heavy atom. The van der Waals surface area contributed by atoms with E-state index < -0.39 is 0 Å². The molecule has 0 heterocycles. The van der Waals surface area contributed by atoms with E-state index in [0.717, 1.165) is 44.9 Å². The third kappa shape index (κ3) is 5.21. The zero-order valence-corrected chi connectivity index (χ0v) is 24.4. The number of rotatable bonds is 8. The highest BCUT2D eigenvalue weighted by Gasteiger charge is 2.63. The molecule has 4 aliphatic carbocycles. The van der Waals surface area contributed by atoms with Gasteiger partial charge in [-0.1, -0.05) is 51.1 Å². The lowest BCUT2D eigenvalue weighted by Crippen LogP contribution is -2.58. The minimum absolute atomic E-state index is 0.0303. The number of fused-ring (bicyclic) bond motifs is 5. The van der Waals surface area contributed by atoms with Crippen LogP contribution in [0.25, 0.3) is 0 Å². The van der Waals surface area contributed by atoms with Crippen LogP contribution in [0, 0.1) is 46.3 Å². The Kier molecular flexibility index (Phi) is 8.32. The van der Waals surface area contributed by atoms with E-state index >= 15 is 0 Å². The van der Waals surface area contributed by atoms with Crippen LogP contribution < -0.4 is 5.32 Å². The van der Waals surface area contributed by atoms with E-state index in [-0.39, 0.29) is 35.0 Å². The number of carbonyl (C=O) groups excluding carboxylic acids is 1. The Hall–Kier alpha value is -1.39. The normalized spacial score (nSPS) is 41.9. The van der Waals surface area contributed by atoms with Gasteiger partial charge in [-0.25, -0.2) is 0 Å². The second kappa shape index (κ2) is 11.2. The summed E-state index contributed by atoms with van der Waals surface area (Å²) in [6, 6.07) is 10.7. The lowest BCUT2D eigenvalue weighted by Gasteiger charge is -2.62. The average molecular weight is 524 g/mol. The Balaban J connectivity index is 1.16. The zero-order valence-electron chi connectivity index (χ0n) is 24.4. The summed E-state index contributed by atoms with van der Waals surface area (Å²) >= 11 is 0. The van der Waals surface area contributed by atoms with Crippen LogP contribution in [0.2, 0.25) is 0 Å². The fourth-order valence-corrected chi connectivity index (χ4v) is 10.2. The van der Waals surface area contributed by atoms with Crippen LogP contribution in [0.4, 0.5) is 0 Å². The van der Waals surface area contributed by atoms with Gasteiger partial charge in [0.1, 0.15) is 0 Å². The van der Waals surface area contributed by atoms with E-state index in [9.17, 15) is 15.0 Å². The maximum Gasteiger partial charge on any atom is 0.220 e. The van der Waals surface area contributed by atoms with Crippen LogP contribution in [-0.2, 0) is 11.2 Å². The molecule has 0 unspecified atom stereocenters. The number of benzene rings is 1. The summed E-state index contributed by atoms with van der Waals surface area (Å²) in [6.45, 7) is 9.34. The third-order valence-corrected chi connectivity index (χ3v) is 12.4. The van der Waals surface area contributed by atoms with Crippen molar-refractivity contribution in [1.82, 2.24) is 5.32 Å². The van der Waals surface area contributed by atoms with Gasteiger partial charge >= 0.3 is 0 Å². The standard InChI is InChI=1S/C34H53NO3/c1-22(10-17-32(38)35-23(2)11-12-24-8-6-5-7-9-24)28-15-16-29-27-14-13-25-20-26(36)18-19-33(25,3)30(27)21-31(37)34(28,29)4/h5-9,22-23,25-31,36-37H,10-21H2,1-4H3,(H,35,38)/t22-,23+,25+,26-,27+,28+,29-,30-,31+,33+,34-/m1/s1. The molecule has 4 heteroatoms. The Morgan fingerprint density at radius 2 is 1.74 bits per heavy atom. The quantitative estimate of drug-likeness (QED) is 0.363. The third-order valence-electron chi connectivity index (χ3n) is 12.4. The first kappa shape index (κ1) is 28.1. The number of hydrogen-bond acceptors (Lipinski definition) is 3. The number of nitrogens with one attached hydrogen (secondary N) is 1. The number of aliphatic hydroxyl groups is 2. The van der Waals surface area contributed by atoms with Crippen molar-refractivity contribution in [1.29, 1.82) is 0 Å². The molecule has 5 rings (SSSR count). The highest BCUT2D eigenvalue weighted by Crippen LogP contribution is 2.68. The Bertz CT molecular complexity index is 950. The van der Waals surface area contributed by atoms with Gasteiger partial charge in [0, 0.05) is 12.5 Å². The summed E-state index contributed by atoms with van der Waals surface area (Å²) in [5.74, 6) is 3.63. The van der Waals surface area contributed by atoms with E-state index in [1.54, 1.807) is 0 Å². The number of carbonyl (C=O) groups is 1.